The van der Waals surface area contributed by atoms with Crippen molar-refractivity contribution in [3.05, 3.63) is 22.9 Å². The van der Waals surface area contributed by atoms with Gasteiger partial charge in [-0.25, -0.2) is 0 Å². The molecule has 0 spiro atoms. The summed E-state index contributed by atoms with van der Waals surface area (Å²) in [6.07, 6.45) is 0.625. The van der Waals surface area contributed by atoms with Crippen molar-refractivity contribution in [2.24, 2.45) is 0 Å². The van der Waals surface area contributed by atoms with Crippen molar-refractivity contribution in [1.29, 1.82) is 5.26 Å². The molecule has 48 valence electrons. The third kappa shape index (κ3) is 7.19. The molecule has 1 aromatic rings. The first-order chi connectivity index (χ1) is 4.41. The Kier molecular flexibility index (Phi) is 6.54. The van der Waals surface area contributed by atoms with Gasteiger partial charge in [-0.2, -0.15) is 16.6 Å². The summed E-state index contributed by atoms with van der Waals surface area (Å²) in [5, 5.41) is 11.7. The smallest absolute Gasteiger partial charge is 0.0618 e. The Morgan fingerprint density at radius 3 is 2.00 bits per heavy atom. The first-order valence-electron chi connectivity index (χ1n) is 2.76. The van der Waals surface area contributed by atoms with E-state index >= 15 is 0 Å². The first kappa shape index (κ1) is 8.19. The average Bonchev–Trinajstić information content (AvgIpc) is 2.43. The lowest BCUT2D eigenvalue weighted by Gasteiger charge is -1.47. The van der Waals surface area contributed by atoms with Crippen LogP contribution in [0.5, 0.6) is 0 Å². The summed E-state index contributed by atoms with van der Waals surface area (Å²) in [7, 11) is 0. The Morgan fingerprint density at radius 1 is 1.44 bits per heavy atom. The van der Waals surface area contributed by atoms with Crippen LogP contribution in [0.15, 0.2) is 22.9 Å². The van der Waals surface area contributed by atoms with Crippen molar-refractivity contribution < 1.29 is 0 Å². The molecule has 0 fully saturated rings. The Labute approximate surface area is 59.6 Å². The van der Waals surface area contributed by atoms with Gasteiger partial charge in [0.15, 0.2) is 0 Å². The maximum atomic E-state index is 7.62. The molecule has 0 saturated carbocycles. The fraction of sp³-hybridized carbons (Fsp3) is 0.286. The number of nitrogens with zero attached hydrogens (tertiary/aromatic N) is 1. The standard InChI is InChI=1S/C4H4S.C3H5N/c1-2-4-5-3-1;1-2-3-4/h1-4H;2H2,1H3. The number of rotatable bonds is 0. The van der Waals surface area contributed by atoms with Crippen molar-refractivity contribution >= 4 is 11.3 Å². The molecule has 9 heavy (non-hydrogen) atoms. The zero-order valence-electron chi connectivity index (χ0n) is 5.37. The second-order valence-corrected chi connectivity index (χ2v) is 2.12. The van der Waals surface area contributed by atoms with Gasteiger partial charge in [0.05, 0.1) is 6.07 Å². The topological polar surface area (TPSA) is 23.8 Å². The molecule has 0 N–H and O–H groups in total. The van der Waals surface area contributed by atoms with E-state index in [1.54, 1.807) is 11.3 Å². The van der Waals surface area contributed by atoms with Crippen LogP contribution in [0.3, 0.4) is 0 Å². The van der Waals surface area contributed by atoms with E-state index in [-0.39, 0.29) is 0 Å². The van der Waals surface area contributed by atoms with E-state index in [0.29, 0.717) is 6.42 Å². The van der Waals surface area contributed by atoms with Crippen molar-refractivity contribution in [2.75, 3.05) is 0 Å². The van der Waals surface area contributed by atoms with Gasteiger partial charge in [-0.1, -0.05) is 19.1 Å². The lowest BCUT2D eigenvalue weighted by atomic mass is 10.6. The first-order valence-corrected chi connectivity index (χ1v) is 3.70. The molecule has 0 aromatic carbocycles. The van der Waals surface area contributed by atoms with Crippen LogP contribution in [0.1, 0.15) is 13.3 Å². The summed E-state index contributed by atoms with van der Waals surface area (Å²) in [6.45, 7) is 1.82. The van der Waals surface area contributed by atoms with Gasteiger partial charge < -0.3 is 0 Å². The summed E-state index contributed by atoms with van der Waals surface area (Å²) >= 11 is 1.71. The van der Waals surface area contributed by atoms with Crippen molar-refractivity contribution in [3.63, 3.8) is 0 Å². The average molecular weight is 139 g/mol. The van der Waals surface area contributed by atoms with Crippen molar-refractivity contribution in [2.45, 2.75) is 13.3 Å². The van der Waals surface area contributed by atoms with Gasteiger partial charge in [-0.3, -0.25) is 0 Å². The van der Waals surface area contributed by atoms with Crippen LogP contribution in [0.2, 0.25) is 0 Å². The highest BCUT2D eigenvalue weighted by molar-refractivity contribution is 7.07. The summed E-state index contributed by atoms with van der Waals surface area (Å²) < 4.78 is 0. The molecule has 0 saturated heterocycles. The lowest BCUT2D eigenvalue weighted by Crippen LogP contribution is -1.38. The van der Waals surface area contributed by atoms with Crippen LogP contribution >= 0.6 is 11.3 Å². The molecule has 0 aliphatic carbocycles. The third-order valence-corrected chi connectivity index (χ3v) is 1.21. The molecule has 0 aliphatic heterocycles. The molecule has 1 aromatic heterocycles. The Morgan fingerprint density at radius 2 is 1.89 bits per heavy atom. The molecule has 0 unspecified atom stereocenters. The van der Waals surface area contributed by atoms with Gasteiger partial charge in [0.25, 0.3) is 0 Å². The Balaban J connectivity index is 0.000000148. The summed E-state index contributed by atoms with van der Waals surface area (Å²) in [5.74, 6) is 0. The zero-order chi connectivity index (χ0) is 6.95. The number of nitriles is 1. The molecular formula is C7H9NS. The molecule has 0 bridgehead atoms. The maximum absolute atomic E-state index is 7.62. The highest BCUT2D eigenvalue weighted by Gasteiger charge is 1.58. The van der Waals surface area contributed by atoms with Gasteiger partial charge in [0.1, 0.15) is 0 Å². The Hall–Kier alpha value is -0.810. The van der Waals surface area contributed by atoms with E-state index in [1.165, 1.54) is 0 Å². The predicted molar refractivity (Wildman–Crippen MR) is 40.2 cm³/mol. The van der Waals surface area contributed by atoms with Gasteiger partial charge in [0, 0.05) is 6.42 Å². The quantitative estimate of drug-likeness (QED) is 0.542. The van der Waals surface area contributed by atoms with Gasteiger partial charge in [-0.15, -0.1) is 0 Å². The second-order valence-electron chi connectivity index (χ2n) is 1.30. The zero-order valence-corrected chi connectivity index (χ0v) is 6.19. The molecule has 1 heterocycles. The van der Waals surface area contributed by atoms with Crippen LogP contribution in [0, 0.1) is 11.3 Å². The van der Waals surface area contributed by atoms with E-state index in [2.05, 4.69) is 0 Å². The van der Waals surface area contributed by atoms with E-state index < -0.39 is 0 Å². The van der Waals surface area contributed by atoms with Crippen LogP contribution in [-0.4, -0.2) is 0 Å². The minimum Gasteiger partial charge on any atom is -0.198 e. The highest BCUT2D eigenvalue weighted by Crippen LogP contribution is 1.91. The fourth-order valence-electron chi connectivity index (χ4n) is 0.227. The molecule has 0 atom stereocenters. The van der Waals surface area contributed by atoms with Crippen molar-refractivity contribution in [1.82, 2.24) is 0 Å². The summed E-state index contributed by atoms with van der Waals surface area (Å²) in [6, 6.07) is 5.97. The fourth-order valence-corrected chi connectivity index (χ4v) is 0.680. The van der Waals surface area contributed by atoms with Gasteiger partial charge in [-0.05, 0) is 10.8 Å². The highest BCUT2D eigenvalue weighted by atomic mass is 32.1. The van der Waals surface area contributed by atoms with Gasteiger partial charge >= 0.3 is 0 Å². The molecular weight excluding hydrogens is 130 g/mol. The monoisotopic (exact) mass is 139 g/mol. The summed E-state index contributed by atoms with van der Waals surface area (Å²) in [4.78, 5) is 0. The van der Waals surface area contributed by atoms with Crippen molar-refractivity contribution in [3.8, 4) is 6.07 Å². The number of hydrogen-bond acceptors (Lipinski definition) is 2. The molecule has 1 nitrogen and oxygen atoms in total. The Bertz CT molecular complexity index is 133. The van der Waals surface area contributed by atoms with E-state index in [0.717, 1.165) is 0 Å². The normalized spacial score (nSPS) is 6.67. The lowest BCUT2D eigenvalue weighted by molar-refractivity contribution is 1.22. The molecule has 1 rings (SSSR count). The van der Waals surface area contributed by atoms with Gasteiger partial charge in [0.2, 0.25) is 0 Å². The molecule has 0 radical (unpaired) electrons. The van der Waals surface area contributed by atoms with E-state index in [1.807, 2.05) is 35.9 Å². The molecule has 2 heteroatoms. The van der Waals surface area contributed by atoms with Crippen LogP contribution in [0.4, 0.5) is 0 Å². The maximum Gasteiger partial charge on any atom is 0.0618 e. The van der Waals surface area contributed by atoms with Crippen LogP contribution in [-0.2, 0) is 0 Å². The SMILES string of the molecule is CCC#N.c1ccsc1. The van der Waals surface area contributed by atoms with Crippen LogP contribution in [0.25, 0.3) is 0 Å². The van der Waals surface area contributed by atoms with E-state index in [9.17, 15) is 0 Å². The largest absolute Gasteiger partial charge is 0.198 e. The molecule has 0 aliphatic rings. The number of hydrogen-bond donors (Lipinski definition) is 0. The predicted octanol–water partition coefficient (Wildman–Crippen LogP) is 2.67. The summed E-state index contributed by atoms with van der Waals surface area (Å²) in [5.41, 5.74) is 0. The van der Waals surface area contributed by atoms with Crippen LogP contribution < -0.4 is 0 Å². The minimum absolute atomic E-state index is 0.625. The third-order valence-electron chi connectivity index (χ3n) is 0.583. The van der Waals surface area contributed by atoms with E-state index in [4.69, 9.17) is 5.26 Å². The second kappa shape index (κ2) is 7.19. The minimum atomic E-state index is 0.625. The molecule has 0 amide bonds. The number of thiophene rings is 1.